The molecule has 3 nitrogen and oxygen atoms in total. The normalized spacial score (nSPS) is 14.4. The highest BCUT2D eigenvalue weighted by Gasteiger charge is 2.22. The Hall–Kier alpha value is -1.20. The monoisotopic (exact) mass is 338 g/mol. The quantitative estimate of drug-likeness (QED) is 0.900. The van der Waals surface area contributed by atoms with Crippen LogP contribution >= 0.6 is 15.9 Å². The molecule has 0 bridgehead atoms. The lowest BCUT2D eigenvalue weighted by molar-refractivity contribution is 0.110. The van der Waals surface area contributed by atoms with Gasteiger partial charge in [0.1, 0.15) is 5.82 Å². The van der Waals surface area contributed by atoms with Crippen molar-refractivity contribution in [1.82, 2.24) is 4.98 Å². The third-order valence-electron chi connectivity index (χ3n) is 3.61. The smallest absolute Gasteiger partial charge is 0.148 e. The Morgan fingerprint density at radius 1 is 1.50 bits per heavy atom. The number of anilines is 1. The maximum atomic E-state index is 14.6. The Bertz CT molecular complexity index is 688. The molecule has 2 heterocycles. The van der Waals surface area contributed by atoms with Gasteiger partial charge in [0.15, 0.2) is 0 Å². The number of aryl methyl sites for hydroxylation is 1. The van der Waals surface area contributed by atoms with E-state index < -0.39 is 0 Å². The van der Waals surface area contributed by atoms with Crippen molar-refractivity contribution in [3.63, 3.8) is 0 Å². The summed E-state index contributed by atoms with van der Waals surface area (Å²) in [6, 6.07) is 1.78. The summed E-state index contributed by atoms with van der Waals surface area (Å²) in [6.45, 7) is 5.86. The van der Waals surface area contributed by atoms with Gasteiger partial charge in [-0.05, 0) is 41.4 Å². The number of rotatable bonds is 2. The SMILES string of the molecule is CCNc1c2c(nc3c(C)cc(Br)c(F)c13)CCOC2. The van der Waals surface area contributed by atoms with E-state index in [2.05, 4.69) is 26.2 Å². The summed E-state index contributed by atoms with van der Waals surface area (Å²) in [7, 11) is 0. The average Bonchev–Trinajstić information content (AvgIpc) is 2.45. The number of nitrogens with one attached hydrogen (secondary N) is 1. The minimum absolute atomic E-state index is 0.262. The van der Waals surface area contributed by atoms with Crippen LogP contribution in [-0.2, 0) is 17.8 Å². The predicted molar refractivity (Wildman–Crippen MR) is 81.7 cm³/mol. The van der Waals surface area contributed by atoms with E-state index in [0.29, 0.717) is 23.1 Å². The topological polar surface area (TPSA) is 34.2 Å². The van der Waals surface area contributed by atoms with E-state index in [-0.39, 0.29) is 5.82 Å². The molecule has 1 aliphatic heterocycles. The molecule has 1 aromatic heterocycles. The fourth-order valence-corrected chi connectivity index (χ4v) is 3.23. The number of aromatic nitrogens is 1. The predicted octanol–water partition coefficient (Wildman–Crippen LogP) is 3.95. The van der Waals surface area contributed by atoms with Crippen LogP contribution in [0.15, 0.2) is 10.5 Å². The van der Waals surface area contributed by atoms with Crippen LogP contribution in [0, 0.1) is 12.7 Å². The van der Waals surface area contributed by atoms with Gasteiger partial charge in [-0.2, -0.15) is 0 Å². The number of ether oxygens (including phenoxy) is 1. The van der Waals surface area contributed by atoms with Crippen LogP contribution in [-0.4, -0.2) is 18.1 Å². The maximum Gasteiger partial charge on any atom is 0.148 e. The maximum absolute atomic E-state index is 14.6. The van der Waals surface area contributed by atoms with E-state index in [9.17, 15) is 4.39 Å². The van der Waals surface area contributed by atoms with E-state index in [1.165, 1.54) is 0 Å². The fourth-order valence-electron chi connectivity index (χ4n) is 2.69. The van der Waals surface area contributed by atoms with Gasteiger partial charge in [-0.25, -0.2) is 4.39 Å². The van der Waals surface area contributed by atoms with Crippen molar-refractivity contribution in [2.24, 2.45) is 0 Å². The molecule has 1 aliphatic rings. The molecule has 0 fully saturated rings. The first-order valence-electron chi connectivity index (χ1n) is 6.75. The second kappa shape index (κ2) is 5.30. The molecule has 5 heteroatoms. The van der Waals surface area contributed by atoms with Crippen LogP contribution in [0.3, 0.4) is 0 Å². The average molecular weight is 339 g/mol. The van der Waals surface area contributed by atoms with E-state index >= 15 is 0 Å². The number of nitrogens with zero attached hydrogens (tertiary/aromatic N) is 1. The summed E-state index contributed by atoms with van der Waals surface area (Å²) in [5, 5.41) is 3.85. The van der Waals surface area contributed by atoms with Crippen molar-refractivity contribution in [2.45, 2.75) is 26.9 Å². The number of hydrogen-bond donors (Lipinski definition) is 1. The summed E-state index contributed by atoms with van der Waals surface area (Å²) in [5.74, 6) is -0.262. The van der Waals surface area contributed by atoms with Gasteiger partial charge >= 0.3 is 0 Å². The van der Waals surface area contributed by atoms with Crippen LogP contribution in [0.1, 0.15) is 23.7 Å². The third kappa shape index (κ3) is 2.09. The first kappa shape index (κ1) is 13.8. The van der Waals surface area contributed by atoms with Crippen molar-refractivity contribution in [1.29, 1.82) is 0 Å². The molecule has 0 atom stereocenters. The Morgan fingerprint density at radius 3 is 3.05 bits per heavy atom. The Morgan fingerprint density at radius 2 is 2.30 bits per heavy atom. The third-order valence-corrected chi connectivity index (χ3v) is 4.19. The standard InChI is InChI=1S/C15H16BrFN2O/c1-3-18-15-9-7-20-5-4-11(9)19-14-8(2)6-10(16)13(17)12(14)15/h6H,3-5,7H2,1-2H3,(H,18,19). The summed E-state index contributed by atoms with van der Waals surface area (Å²) in [5.41, 5.74) is 4.55. The largest absolute Gasteiger partial charge is 0.384 e. The minimum atomic E-state index is -0.262. The molecule has 0 aliphatic carbocycles. The van der Waals surface area contributed by atoms with Crippen molar-refractivity contribution >= 4 is 32.5 Å². The van der Waals surface area contributed by atoms with Gasteiger partial charge < -0.3 is 10.1 Å². The van der Waals surface area contributed by atoms with Gasteiger partial charge in [-0.3, -0.25) is 4.98 Å². The van der Waals surface area contributed by atoms with Gasteiger partial charge in [0.2, 0.25) is 0 Å². The highest BCUT2D eigenvalue weighted by molar-refractivity contribution is 9.10. The van der Waals surface area contributed by atoms with Crippen LogP contribution < -0.4 is 5.32 Å². The lowest BCUT2D eigenvalue weighted by Gasteiger charge is -2.22. The first-order chi connectivity index (χ1) is 9.63. The van der Waals surface area contributed by atoms with Crippen molar-refractivity contribution in [3.05, 3.63) is 33.2 Å². The van der Waals surface area contributed by atoms with E-state index in [1.807, 2.05) is 13.8 Å². The number of pyridine rings is 1. The summed E-state index contributed by atoms with van der Waals surface area (Å²) in [4.78, 5) is 4.68. The summed E-state index contributed by atoms with van der Waals surface area (Å²) in [6.07, 6.45) is 0.779. The van der Waals surface area contributed by atoms with E-state index in [4.69, 9.17) is 4.74 Å². The molecule has 20 heavy (non-hydrogen) atoms. The Labute approximate surface area is 125 Å². The summed E-state index contributed by atoms with van der Waals surface area (Å²) >= 11 is 3.29. The van der Waals surface area contributed by atoms with Crippen molar-refractivity contribution in [2.75, 3.05) is 18.5 Å². The molecule has 106 valence electrons. The molecule has 1 N–H and O–H groups in total. The zero-order chi connectivity index (χ0) is 14.3. The van der Waals surface area contributed by atoms with Gasteiger partial charge in [0.25, 0.3) is 0 Å². The fraction of sp³-hybridized carbons (Fsp3) is 0.400. The number of benzene rings is 1. The van der Waals surface area contributed by atoms with Gasteiger partial charge in [0.05, 0.1) is 40.0 Å². The lowest BCUT2D eigenvalue weighted by atomic mass is 10.0. The Balaban J connectivity index is 2.42. The zero-order valence-corrected chi connectivity index (χ0v) is 13.1. The molecule has 0 spiro atoms. The van der Waals surface area contributed by atoms with Gasteiger partial charge in [-0.1, -0.05) is 0 Å². The number of halogens is 2. The van der Waals surface area contributed by atoms with Crippen molar-refractivity contribution < 1.29 is 9.13 Å². The van der Waals surface area contributed by atoms with Crippen molar-refractivity contribution in [3.8, 4) is 0 Å². The van der Waals surface area contributed by atoms with Crippen LogP contribution in [0.25, 0.3) is 10.9 Å². The molecule has 0 amide bonds. The second-order valence-electron chi connectivity index (χ2n) is 4.96. The van der Waals surface area contributed by atoms with E-state index in [1.54, 1.807) is 6.07 Å². The molecule has 0 radical (unpaired) electrons. The molecule has 0 unspecified atom stereocenters. The molecular formula is C15H16BrFN2O. The zero-order valence-electron chi connectivity index (χ0n) is 11.5. The molecule has 0 saturated heterocycles. The number of hydrogen-bond acceptors (Lipinski definition) is 3. The minimum Gasteiger partial charge on any atom is -0.384 e. The van der Waals surface area contributed by atoms with Crippen LogP contribution in [0.2, 0.25) is 0 Å². The van der Waals surface area contributed by atoms with Crippen LogP contribution in [0.5, 0.6) is 0 Å². The molecule has 0 saturated carbocycles. The lowest BCUT2D eigenvalue weighted by Crippen LogP contribution is -2.16. The first-order valence-corrected chi connectivity index (χ1v) is 7.54. The van der Waals surface area contributed by atoms with Gasteiger partial charge in [0, 0.05) is 18.5 Å². The molecule has 1 aromatic carbocycles. The number of fused-ring (bicyclic) bond motifs is 2. The molecule has 3 rings (SSSR count). The molecule has 2 aromatic rings. The highest BCUT2D eigenvalue weighted by Crippen LogP contribution is 2.37. The molecular weight excluding hydrogens is 323 g/mol. The second-order valence-corrected chi connectivity index (χ2v) is 5.81. The van der Waals surface area contributed by atoms with E-state index in [0.717, 1.165) is 41.0 Å². The highest BCUT2D eigenvalue weighted by atomic mass is 79.9. The van der Waals surface area contributed by atoms with Crippen LogP contribution in [0.4, 0.5) is 10.1 Å². The summed E-state index contributed by atoms with van der Waals surface area (Å²) < 4.78 is 20.6. The Kier molecular flexibility index (Phi) is 3.65. The van der Waals surface area contributed by atoms with Gasteiger partial charge in [-0.15, -0.1) is 0 Å².